The molecule has 0 aromatic heterocycles. The standard InChI is InChI=1S/C9H11NOTe.ClH/c1-6-10-8-5-7(11-2)3-4-9(8)12-6;/h3-6,10H,1-2H3;1H. The third kappa shape index (κ3) is 2.22. The number of halogens is 1. The summed E-state index contributed by atoms with van der Waals surface area (Å²) in [5.74, 6) is 0.947. The number of fused-ring (bicyclic) bond motifs is 1. The number of rotatable bonds is 1. The number of ether oxygens (including phenoxy) is 1. The molecule has 0 aliphatic carbocycles. The van der Waals surface area contributed by atoms with Crippen LogP contribution in [0.1, 0.15) is 6.92 Å². The van der Waals surface area contributed by atoms with Gasteiger partial charge in [0.2, 0.25) is 0 Å². The molecule has 2 nitrogen and oxygen atoms in total. The maximum atomic E-state index is 5.15. The predicted molar refractivity (Wildman–Crippen MR) is 58.7 cm³/mol. The van der Waals surface area contributed by atoms with Crippen molar-refractivity contribution < 1.29 is 4.74 Å². The van der Waals surface area contributed by atoms with Crippen molar-refractivity contribution >= 4 is 42.6 Å². The van der Waals surface area contributed by atoms with Gasteiger partial charge in [-0.1, -0.05) is 0 Å². The van der Waals surface area contributed by atoms with Crippen molar-refractivity contribution in [3.05, 3.63) is 18.2 Å². The van der Waals surface area contributed by atoms with Crippen LogP contribution >= 0.6 is 12.4 Å². The Morgan fingerprint density at radius 2 is 2.23 bits per heavy atom. The summed E-state index contributed by atoms with van der Waals surface area (Å²) < 4.78 is 7.36. The predicted octanol–water partition coefficient (Wildman–Crippen LogP) is 1.22. The van der Waals surface area contributed by atoms with Gasteiger partial charge in [0, 0.05) is 0 Å². The zero-order valence-corrected chi connectivity index (χ0v) is 10.7. The summed E-state index contributed by atoms with van der Waals surface area (Å²) in [4.78, 5) is 0. The molecule has 0 bridgehead atoms. The van der Waals surface area contributed by atoms with Crippen LogP contribution in [-0.4, -0.2) is 32.1 Å². The molecular weight excluding hydrogens is 301 g/mol. The average Bonchev–Trinajstić information content (AvgIpc) is 2.43. The Labute approximate surface area is 94.5 Å². The Hall–Kier alpha value is -0.100. The number of hydrogen-bond acceptors (Lipinski definition) is 2. The molecule has 1 aromatic rings. The Morgan fingerprint density at radius 3 is 2.92 bits per heavy atom. The smallest absolute Gasteiger partial charge is 0.147 e. The molecular formula is C9H12ClNOTe. The molecule has 72 valence electrons. The average molecular weight is 313 g/mol. The molecule has 2 rings (SSSR count). The monoisotopic (exact) mass is 315 g/mol. The van der Waals surface area contributed by atoms with Crippen LogP contribution in [0.25, 0.3) is 0 Å². The molecule has 1 N–H and O–H groups in total. The van der Waals surface area contributed by atoms with E-state index < -0.39 is 0 Å². The van der Waals surface area contributed by atoms with Crippen LogP contribution in [0.3, 0.4) is 0 Å². The van der Waals surface area contributed by atoms with Crippen molar-refractivity contribution in [3.63, 3.8) is 0 Å². The Bertz CT molecular complexity index is 306. The normalized spacial score (nSPS) is 18.5. The Kier molecular flexibility index (Phi) is 3.73. The van der Waals surface area contributed by atoms with Gasteiger partial charge in [-0.05, 0) is 0 Å². The molecule has 1 aliphatic rings. The summed E-state index contributed by atoms with van der Waals surface area (Å²) in [6, 6.07) is 6.32. The van der Waals surface area contributed by atoms with Crippen molar-refractivity contribution in [3.8, 4) is 5.75 Å². The van der Waals surface area contributed by atoms with E-state index in [9.17, 15) is 0 Å². The van der Waals surface area contributed by atoms with E-state index in [1.165, 1.54) is 9.30 Å². The molecule has 1 unspecified atom stereocenters. The van der Waals surface area contributed by atoms with Crippen LogP contribution in [0.5, 0.6) is 5.75 Å². The summed E-state index contributed by atoms with van der Waals surface area (Å²) in [5.41, 5.74) is 1.28. The van der Waals surface area contributed by atoms with Gasteiger partial charge in [0.15, 0.2) is 0 Å². The second kappa shape index (κ2) is 4.41. The zero-order chi connectivity index (χ0) is 8.55. The summed E-state index contributed by atoms with van der Waals surface area (Å²) in [6.45, 7) is 2.24. The first-order chi connectivity index (χ1) is 5.79. The largest absolute Gasteiger partial charge is 0.147 e. The third-order valence-electron chi connectivity index (χ3n) is 1.85. The number of anilines is 1. The quantitative estimate of drug-likeness (QED) is 0.787. The number of nitrogens with one attached hydrogen (secondary N) is 1. The number of benzene rings is 1. The van der Waals surface area contributed by atoms with Gasteiger partial charge in [0.05, 0.1) is 0 Å². The number of methoxy groups -OCH3 is 1. The van der Waals surface area contributed by atoms with Crippen molar-refractivity contribution in [2.45, 2.75) is 11.0 Å². The van der Waals surface area contributed by atoms with Gasteiger partial charge in [-0.2, -0.15) is 0 Å². The molecule has 1 heterocycles. The van der Waals surface area contributed by atoms with E-state index >= 15 is 0 Å². The fourth-order valence-corrected chi connectivity index (χ4v) is 4.03. The maximum Gasteiger partial charge on any atom is -0.147 e. The van der Waals surface area contributed by atoms with Crippen molar-refractivity contribution in [2.24, 2.45) is 0 Å². The van der Waals surface area contributed by atoms with E-state index in [1.54, 1.807) is 7.11 Å². The minimum atomic E-state index is 0. The minimum absolute atomic E-state index is 0. The van der Waals surface area contributed by atoms with Crippen molar-refractivity contribution in [1.29, 1.82) is 0 Å². The van der Waals surface area contributed by atoms with Crippen LogP contribution in [-0.2, 0) is 0 Å². The molecule has 13 heavy (non-hydrogen) atoms. The van der Waals surface area contributed by atoms with Crippen LogP contribution in [0.4, 0.5) is 5.69 Å². The van der Waals surface area contributed by atoms with Crippen molar-refractivity contribution in [2.75, 3.05) is 12.4 Å². The summed E-state index contributed by atoms with van der Waals surface area (Å²) in [5, 5.41) is 3.45. The second-order valence-electron chi connectivity index (χ2n) is 2.77. The first-order valence-corrected chi connectivity index (χ1v) is 6.42. The minimum Gasteiger partial charge on any atom is -0.147 e. The van der Waals surface area contributed by atoms with Gasteiger partial charge < -0.3 is 0 Å². The van der Waals surface area contributed by atoms with E-state index in [4.69, 9.17) is 4.74 Å². The second-order valence-corrected chi connectivity index (χ2v) is 6.71. The molecule has 4 heteroatoms. The van der Waals surface area contributed by atoms with E-state index in [0.29, 0.717) is 4.09 Å². The van der Waals surface area contributed by atoms with E-state index in [0.717, 1.165) is 5.75 Å². The topological polar surface area (TPSA) is 21.3 Å². The Morgan fingerprint density at radius 1 is 1.46 bits per heavy atom. The maximum absolute atomic E-state index is 5.15. The van der Waals surface area contributed by atoms with E-state index in [2.05, 4.69) is 24.4 Å². The molecule has 0 saturated carbocycles. The zero-order valence-electron chi connectivity index (χ0n) is 7.53. The molecule has 0 fully saturated rings. The van der Waals surface area contributed by atoms with Crippen LogP contribution < -0.4 is 13.7 Å². The molecule has 0 spiro atoms. The van der Waals surface area contributed by atoms with Crippen LogP contribution in [0.15, 0.2) is 18.2 Å². The van der Waals surface area contributed by atoms with Crippen LogP contribution in [0, 0.1) is 0 Å². The van der Waals surface area contributed by atoms with E-state index in [-0.39, 0.29) is 33.3 Å². The fourth-order valence-electron chi connectivity index (χ4n) is 1.29. The van der Waals surface area contributed by atoms with Gasteiger partial charge in [-0.15, -0.1) is 12.4 Å². The third-order valence-corrected chi connectivity index (χ3v) is 4.94. The van der Waals surface area contributed by atoms with E-state index in [1.807, 2.05) is 6.07 Å². The fraction of sp³-hybridized carbons (Fsp3) is 0.333. The van der Waals surface area contributed by atoms with Crippen LogP contribution in [0.2, 0.25) is 0 Å². The summed E-state index contributed by atoms with van der Waals surface area (Å²) >= 11 is 0.00237. The summed E-state index contributed by atoms with van der Waals surface area (Å²) in [6.07, 6.45) is 0. The number of hydrogen-bond donors (Lipinski definition) is 1. The molecule has 1 aliphatic heterocycles. The van der Waals surface area contributed by atoms with Gasteiger partial charge in [-0.3, -0.25) is 0 Å². The van der Waals surface area contributed by atoms with Gasteiger partial charge in [0.25, 0.3) is 0 Å². The molecule has 1 atom stereocenters. The van der Waals surface area contributed by atoms with Gasteiger partial charge in [0.1, 0.15) is 0 Å². The molecule has 1 aromatic carbocycles. The SMILES string of the molecule is COc1ccc2c(c1)NC(C)[Te]2.Cl. The Balaban J connectivity index is 0.000000845. The van der Waals surface area contributed by atoms with Gasteiger partial charge >= 0.3 is 82.3 Å². The van der Waals surface area contributed by atoms with Gasteiger partial charge in [-0.25, -0.2) is 0 Å². The molecule has 0 saturated heterocycles. The first-order valence-electron chi connectivity index (χ1n) is 3.91. The first kappa shape index (κ1) is 11.0. The van der Waals surface area contributed by atoms with Crippen molar-refractivity contribution in [1.82, 2.24) is 0 Å². The molecule has 0 amide bonds. The summed E-state index contributed by atoms with van der Waals surface area (Å²) in [7, 11) is 1.71. The molecule has 0 radical (unpaired) electrons.